The molecule has 3 unspecified atom stereocenters. The van der Waals surface area contributed by atoms with Crippen LogP contribution in [0.15, 0.2) is 16.6 Å². The molecule has 0 spiro atoms. The van der Waals surface area contributed by atoms with Gasteiger partial charge in [-0.2, -0.15) is 0 Å². The van der Waals surface area contributed by atoms with Crippen LogP contribution in [0.2, 0.25) is 0 Å². The van der Waals surface area contributed by atoms with E-state index in [-0.39, 0.29) is 0 Å². The molecule has 2 aliphatic rings. The first-order valence-corrected chi connectivity index (χ1v) is 5.28. The van der Waals surface area contributed by atoms with Gasteiger partial charge in [0, 0.05) is 0 Å². The highest BCUT2D eigenvalue weighted by Crippen LogP contribution is 2.32. The molecular weight excluding hydrogens is 176 g/mol. The summed E-state index contributed by atoms with van der Waals surface area (Å²) < 4.78 is 5.20. The Hall–Kier alpha value is -0.990. The molecule has 2 rings (SSSR count). The molecule has 0 saturated carbocycles. The molecule has 0 aromatic heterocycles. The van der Waals surface area contributed by atoms with Gasteiger partial charge in [-0.3, -0.25) is 0 Å². The van der Waals surface area contributed by atoms with E-state index >= 15 is 0 Å². The van der Waals surface area contributed by atoms with Crippen LogP contribution in [0.5, 0.6) is 0 Å². The molecule has 0 fully saturated rings. The van der Waals surface area contributed by atoms with E-state index in [0.717, 1.165) is 6.42 Å². The van der Waals surface area contributed by atoms with Crippen molar-refractivity contribution in [2.24, 2.45) is 22.6 Å². The average molecular weight is 194 g/mol. The molecule has 0 bridgehead atoms. The fourth-order valence-corrected chi connectivity index (χ4v) is 2.54. The molecule has 3 atom stereocenters. The van der Waals surface area contributed by atoms with Gasteiger partial charge in [0.2, 0.25) is 0 Å². The Morgan fingerprint density at radius 1 is 1.57 bits per heavy atom. The summed E-state index contributed by atoms with van der Waals surface area (Å²) in [4.78, 5) is 4.33. The number of amidine groups is 1. The highest BCUT2D eigenvalue weighted by atomic mass is 16.5. The molecule has 2 N–H and O–H groups in total. The first-order valence-electron chi connectivity index (χ1n) is 5.28. The molecular formula is C11H18N2O. The number of nitrogens with two attached hydrogens (primary N) is 1. The quantitative estimate of drug-likeness (QED) is 0.646. The summed E-state index contributed by atoms with van der Waals surface area (Å²) in [7, 11) is 0. The van der Waals surface area contributed by atoms with Crippen molar-refractivity contribution in [1.29, 1.82) is 0 Å². The standard InChI is InChI=1S/C11H18N2O/c1-7-3-8(2)5-9(4-7)10-6-14-11(12)13-10/h3,7,9-10H,4-6H2,1-2H3,(H2,12,13). The van der Waals surface area contributed by atoms with Crippen LogP contribution in [-0.2, 0) is 4.74 Å². The molecule has 3 heteroatoms. The average Bonchev–Trinajstić information content (AvgIpc) is 2.50. The monoisotopic (exact) mass is 194 g/mol. The van der Waals surface area contributed by atoms with E-state index in [0.29, 0.717) is 30.5 Å². The molecule has 1 heterocycles. The lowest BCUT2D eigenvalue weighted by Gasteiger charge is -2.27. The molecule has 0 aromatic rings. The van der Waals surface area contributed by atoms with Crippen molar-refractivity contribution in [3.63, 3.8) is 0 Å². The van der Waals surface area contributed by atoms with Crippen LogP contribution in [0, 0.1) is 11.8 Å². The van der Waals surface area contributed by atoms with E-state index in [1.54, 1.807) is 0 Å². The fourth-order valence-electron chi connectivity index (χ4n) is 2.54. The second-order valence-electron chi connectivity index (χ2n) is 4.54. The van der Waals surface area contributed by atoms with E-state index in [1.165, 1.54) is 12.0 Å². The predicted octanol–water partition coefficient (Wildman–Crippen LogP) is 1.69. The third kappa shape index (κ3) is 1.91. The van der Waals surface area contributed by atoms with Crippen LogP contribution in [0.3, 0.4) is 0 Å². The molecule has 3 nitrogen and oxygen atoms in total. The van der Waals surface area contributed by atoms with Crippen molar-refractivity contribution in [2.45, 2.75) is 32.7 Å². The zero-order chi connectivity index (χ0) is 10.1. The molecule has 0 radical (unpaired) electrons. The Labute approximate surface area is 85.0 Å². The van der Waals surface area contributed by atoms with Gasteiger partial charge in [0.05, 0.1) is 6.04 Å². The Balaban J connectivity index is 2.03. The van der Waals surface area contributed by atoms with Crippen LogP contribution in [0.4, 0.5) is 0 Å². The van der Waals surface area contributed by atoms with Crippen molar-refractivity contribution in [1.82, 2.24) is 0 Å². The zero-order valence-electron chi connectivity index (χ0n) is 8.86. The minimum absolute atomic E-state index is 0.293. The number of ether oxygens (including phenoxy) is 1. The van der Waals surface area contributed by atoms with Crippen molar-refractivity contribution in [3.05, 3.63) is 11.6 Å². The number of hydrogen-bond acceptors (Lipinski definition) is 3. The second-order valence-corrected chi connectivity index (χ2v) is 4.54. The molecule has 0 aromatic carbocycles. The summed E-state index contributed by atoms with van der Waals surface area (Å²) in [5.74, 6) is 1.29. The summed E-state index contributed by atoms with van der Waals surface area (Å²) in [6, 6.07) is 0.663. The van der Waals surface area contributed by atoms with Crippen molar-refractivity contribution >= 4 is 6.02 Å². The van der Waals surface area contributed by atoms with Gasteiger partial charge in [0.25, 0.3) is 6.02 Å². The van der Waals surface area contributed by atoms with Gasteiger partial charge in [-0.15, -0.1) is 0 Å². The van der Waals surface area contributed by atoms with Crippen LogP contribution < -0.4 is 5.73 Å². The Morgan fingerprint density at radius 3 is 2.93 bits per heavy atom. The third-order valence-corrected chi connectivity index (χ3v) is 3.07. The van der Waals surface area contributed by atoms with Gasteiger partial charge in [0.15, 0.2) is 0 Å². The van der Waals surface area contributed by atoms with Crippen molar-refractivity contribution < 1.29 is 4.74 Å². The highest BCUT2D eigenvalue weighted by Gasteiger charge is 2.29. The van der Waals surface area contributed by atoms with Gasteiger partial charge in [-0.05, 0) is 31.6 Å². The van der Waals surface area contributed by atoms with Gasteiger partial charge in [0.1, 0.15) is 6.61 Å². The largest absolute Gasteiger partial charge is 0.463 e. The molecule has 1 aliphatic heterocycles. The van der Waals surface area contributed by atoms with Crippen LogP contribution in [0.25, 0.3) is 0 Å². The van der Waals surface area contributed by atoms with Gasteiger partial charge < -0.3 is 10.5 Å². The van der Waals surface area contributed by atoms with Gasteiger partial charge >= 0.3 is 0 Å². The van der Waals surface area contributed by atoms with Crippen LogP contribution >= 0.6 is 0 Å². The summed E-state index contributed by atoms with van der Waals surface area (Å²) in [6.07, 6.45) is 4.72. The topological polar surface area (TPSA) is 47.6 Å². The SMILES string of the molecule is CC1=CC(C)CC(C2COC(N)=N2)C1. The Kier molecular flexibility index (Phi) is 2.48. The lowest BCUT2D eigenvalue weighted by molar-refractivity contribution is 0.253. The first-order chi connectivity index (χ1) is 6.65. The number of nitrogens with zero attached hydrogens (tertiary/aromatic N) is 1. The zero-order valence-corrected chi connectivity index (χ0v) is 8.86. The summed E-state index contributed by atoms with van der Waals surface area (Å²) in [6.45, 7) is 5.14. The van der Waals surface area contributed by atoms with E-state index < -0.39 is 0 Å². The molecule has 1 aliphatic carbocycles. The highest BCUT2D eigenvalue weighted by molar-refractivity contribution is 5.73. The minimum Gasteiger partial charge on any atom is -0.463 e. The van der Waals surface area contributed by atoms with Gasteiger partial charge in [-0.25, -0.2) is 4.99 Å². The van der Waals surface area contributed by atoms with Crippen LogP contribution in [0.1, 0.15) is 26.7 Å². The number of hydrogen-bond donors (Lipinski definition) is 1. The first kappa shape index (κ1) is 9.56. The van der Waals surface area contributed by atoms with E-state index in [4.69, 9.17) is 10.5 Å². The van der Waals surface area contributed by atoms with E-state index in [9.17, 15) is 0 Å². The maximum atomic E-state index is 5.51. The van der Waals surface area contributed by atoms with Crippen molar-refractivity contribution in [2.75, 3.05) is 6.61 Å². The van der Waals surface area contributed by atoms with E-state index in [2.05, 4.69) is 24.9 Å². The summed E-state index contributed by atoms with van der Waals surface area (Å²) in [5.41, 5.74) is 7.00. The van der Waals surface area contributed by atoms with E-state index in [1.807, 2.05) is 0 Å². The Morgan fingerprint density at radius 2 is 2.36 bits per heavy atom. The smallest absolute Gasteiger partial charge is 0.282 e. The Bertz CT molecular complexity index is 283. The molecule has 0 amide bonds. The summed E-state index contributed by atoms with van der Waals surface area (Å²) >= 11 is 0. The minimum atomic E-state index is 0.293. The van der Waals surface area contributed by atoms with Crippen LogP contribution in [-0.4, -0.2) is 18.7 Å². The fraction of sp³-hybridized carbons (Fsp3) is 0.727. The lowest BCUT2D eigenvalue weighted by Crippen LogP contribution is -2.25. The van der Waals surface area contributed by atoms with Crippen molar-refractivity contribution in [3.8, 4) is 0 Å². The third-order valence-electron chi connectivity index (χ3n) is 3.07. The normalized spacial score (nSPS) is 37.4. The lowest BCUT2D eigenvalue weighted by atomic mass is 9.80. The number of allylic oxidation sites excluding steroid dienone is 2. The maximum Gasteiger partial charge on any atom is 0.282 e. The number of rotatable bonds is 1. The number of aliphatic imine (C=N–C) groups is 1. The molecule has 78 valence electrons. The predicted molar refractivity (Wildman–Crippen MR) is 57.0 cm³/mol. The summed E-state index contributed by atoms with van der Waals surface area (Å²) in [5, 5.41) is 0. The molecule has 14 heavy (non-hydrogen) atoms. The van der Waals surface area contributed by atoms with Gasteiger partial charge in [-0.1, -0.05) is 18.6 Å². The second kappa shape index (κ2) is 3.64. The molecule has 0 saturated heterocycles. The maximum absolute atomic E-state index is 5.51.